The normalized spacial score (nSPS) is 12.3. The Hall–Kier alpha value is -3.11. The zero-order valence-corrected chi connectivity index (χ0v) is 14.4. The number of hydrogen-bond acceptors (Lipinski definition) is 7. The summed E-state index contributed by atoms with van der Waals surface area (Å²) < 4.78 is 8.24. The lowest BCUT2D eigenvalue weighted by Crippen LogP contribution is -2.31. The molecule has 0 bridgehead atoms. The molecule has 0 saturated heterocycles. The monoisotopic (exact) mass is 360 g/mol. The first kappa shape index (κ1) is 17.7. The Balaban J connectivity index is 1.88. The van der Waals surface area contributed by atoms with Crippen LogP contribution in [0.2, 0.25) is 0 Å². The highest BCUT2D eigenvalue weighted by Gasteiger charge is 2.19. The van der Waals surface area contributed by atoms with E-state index < -0.39 is 17.4 Å². The Morgan fingerprint density at radius 1 is 1.38 bits per heavy atom. The van der Waals surface area contributed by atoms with Crippen LogP contribution in [0.5, 0.6) is 5.75 Å². The minimum atomic E-state index is -0.934. The third-order valence-corrected chi connectivity index (χ3v) is 4.05. The summed E-state index contributed by atoms with van der Waals surface area (Å²) in [5.41, 5.74) is 2.44. The van der Waals surface area contributed by atoms with E-state index in [1.165, 1.54) is 16.2 Å². The first-order valence-corrected chi connectivity index (χ1v) is 7.95. The number of aromatic nitrogens is 4. The van der Waals surface area contributed by atoms with E-state index in [0.29, 0.717) is 5.75 Å². The van der Waals surface area contributed by atoms with Crippen LogP contribution in [0.15, 0.2) is 33.9 Å². The standard InChI is InChI=1S/C16H20N6O4/c1-9-5-3-4-6-11(9)26-8-10(23)7-22-12-13(18-15(22)20-17)21(2)16(25)19-14(12)24/h3-6,10,23H,7-8,17H2,1-2H3,(H,18,20)(H,19,24,25). The topological polar surface area (TPSA) is 140 Å². The number of nitrogens with zero attached hydrogens (tertiary/aromatic N) is 3. The molecule has 0 aliphatic heterocycles. The SMILES string of the molecule is Cc1ccccc1OCC(O)Cn1c(NN)nc2c1c(=O)[nH]c(=O)n2C. The molecule has 26 heavy (non-hydrogen) atoms. The third kappa shape index (κ3) is 3.19. The highest BCUT2D eigenvalue weighted by Crippen LogP contribution is 2.18. The summed E-state index contributed by atoms with van der Waals surface area (Å²) in [6.45, 7) is 1.92. The van der Waals surface area contributed by atoms with Crippen molar-refractivity contribution in [3.8, 4) is 5.75 Å². The van der Waals surface area contributed by atoms with Gasteiger partial charge in [-0.2, -0.15) is 4.98 Å². The number of H-pyrrole nitrogens is 1. The molecule has 0 spiro atoms. The second-order valence-electron chi connectivity index (χ2n) is 5.91. The van der Waals surface area contributed by atoms with E-state index in [-0.39, 0.29) is 30.3 Å². The van der Waals surface area contributed by atoms with Crippen molar-refractivity contribution in [3.63, 3.8) is 0 Å². The van der Waals surface area contributed by atoms with E-state index in [0.717, 1.165) is 5.56 Å². The minimum absolute atomic E-state index is 0.00317. The highest BCUT2D eigenvalue weighted by atomic mass is 16.5. The fourth-order valence-corrected chi connectivity index (χ4v) is 2.69. The Labute approximate surface area is 147 Å². The van der Waals surface area contributed by atoms with E-state index in [9.17, 15) is 14.7 Å². The number of fused-ring (bicyclic) bond motifs is 1. The van der Waals surface area contributed by atoms with Crippen LogP contribution in [0.4, 0.5) is 5.95 Å². The third-order valence-electron chi connectivity index (χ3n) is 4.05. The average molecular weight is 360 g/mol. The Morgan fingerprint density at radius 2 is 2.12 bits per heavy atom. The number of aryl methyl sites for hydroxylation is 2. The summed E-state index contributed by atoms with van der Waals surface area (Å²) in [6, 6.07) is 7.45. The lowest BCUT2D eigenvalue weighted by molar-refractivity contribution is 0.0935. The number of hydrogen-bond donors (Lipinski definition) is 4. The molecule has 1 atom stereocenters. The number of nitrogens with one attached hydrogen (secondary N) is 2. The van der Waals surface area contributed by atoms with Crippen molar-refractivity contribution in [2.45, 2.75) is 19.6 Å². The number of aliphatic hydroxyl groups is 1. The minimum Gasteiger partial charge on any atom is -0.491 e. The van der Waals surface area contributed by atoms with E-state index in [2.05, 4.69) is 15.4 Å². The molecule has 3 aromatic rings. The number of benzene rings is 1. The molecule has 2 heterocycles. The summed E-state index contributed by atoms with van der Waals surface area (Å²) in [5.74, 6) is 6.29. The van der Waals surface area contributed by atoms with Crippen molar-refractivity contribution in [2.24, 2.45) is 12.9 Å². The first-order valence-electron chi connectivity index (χ1n) is 7.95. The van der Waals surface area contributed by atoms with Crippen LogP contribution < -0.4 is 27.3 Å². The van der Waals surface area contributed by atoms with Crippen molar-refractivity contribution in [1.29, 1.82) is 0 Å². The zero-order valence-electron chi connectivity index (χ0n) is 14.4. The fourth-order valence-electron chi connectivity index (χ4n) is 2.69. The summed E-state index contributed by atoms with van der Waals surface area (Å²) in [4.78, 5) is 30.3. The first-order chi connectivity index (χ1) is 12.4. The maximum absolute atomic E-state index is 12.2. The van der Waals surface area contributed by atoms with Crippen molar-refractivity contribution in [1.82, 2.24) is 19.1 Å². The van der Waals surface area contributed by atoms with E-state index >= 15 is 0 Å². The number of aliphatic hydroxyl groups excluding tert-OH is 1. The molecule has 5 N–H and O–H groups in total. The number of anilines is 1. The highest BCUT2D eigenvalue weighted by molar-refractivity contribution is 5.74. The van der Waals surface area contributed by atoms with E-state index in [4.69, 9.17) is 10.6 Å². The van der Waals surface area contributed by atoms with Gasteiger partial charge in [0.1, 0.15) is 18.5 Å². The number of hydrazine groups is 1. The lowest BCUT2D eigenvalue weighted by Gasteiger charge is -2.16. The zero-order chi connectivity index (χ0) is 18.8. The van der Waals surface area contributed by atoms with Gasteiger partial charge in [0.15, 0.2) is 11.2 Å². The van der Waals surface area contributed by atoms with Crippen molar-refractivity contribution < 1.29 is 9.84 Å². The van der Waals surface area contributed by atoms with E-state index in [1.807, 2.05) is 31.2 Å². The van der Waals surface area contributed by atoms with Gasteiger partial charge < -0.3 is 14.4 Å². The van der Waals surface area contributed by atoms with Gasteiger partial charge in [0, 0.05) is 7.05 Å². The van der Waals surface area contributed by atoms with Crippen LogP contribution >= 0.6 is 0 Å². The molecule has 1 unspecified atom stereocenters. The largest absolute Gasteiger partial charge is 0.491 e. The molecule has 0 aliphatic rings. The molecule has 138 valence electrons. The number of aromatic amines is 1. The van der Waals surface area contributed by atoms with Gasteiger partial charge in [-0.15, -0.1) is 0 Å². The molecule has 3 rings (SSSR count). The smallest absolute Gasteiger partial charge is 0.329 e. The number of ether oxygens (including phenoxy) is 1. The quantitative estimate of drug-likeness (QED) is 0.342. The van der Waals surface area contributed by atoms with Gasteiger partial charge in [-0.1, -0.05) is 18.2 Å². The summed E-state index contributed by atoms with van der Waals surface area (Å²) in [5, 5.41) is 10.3. The molecule has 1 aromatic carbocycles. The molecule has 0 radical (unpaired) electrons. The number of nitrogens with two attached hydrogens (primary N) is 1. The Bertz CT molecular complexity index is 1050. The molecular weight excluding hydrogens is 340 g/mol. The fraction of sp³-hybridized carbons (Fsp3) is 0.312. The van der Waals surface area contributed by atoms with Crippen LogP contribution in [0.3, 0.4) is 0 Å². The van der Waals surface area contributed by atoms with E-state index in [1.54, 1.807) is 0 Å². The number of imidazole rings is 1. The summed E-state index contributed by atoms with van der Waals surface area (Å²) in [7, 11) is 1.48. The van der Waals surface area contributed by atoms with Gasteiger partial charge in [0.05, 0.1) is 6.54 Å². The summed E-state index contributed by atoms with van der Waals surface area (Å²) >= 11 is 0. The van der Waals surface area contributed by atoms with Crippen LogP contribution in [0.1, 0.15) is 5.56 Å². The molecule has 0 amide bonds. The maximum atomic E-state index is 12.2. The van der Waals surface area contributed by atoms with Gasteiger partial charge in [-0.3, -0.25) is 19.8 Å². The number of rotatable bonds is 6. The van der Waals surface area contributed by atoms with Crippen molar-refractivity contribution in [2.75, 3.05) is 12.0 Å². The molecule has 10 heteroatoms. The van der Waals surface area contributed by atoms with Gasteiger partial charge in [-0.25, -0.2) is 10.6 Å². The maximum Gasteiger partial charge on any atom is 0.329 e. The number of nitrogen functional groups attached to an aromatic ring is 1. The second kappa shape index (κ2) is 7.02. The molecule has 2 aromatic heterocycles. The van der Waals surface area contributed by atoms with Crippen LogP contribution in [-0.4, -0.2) is 36.9 Å². The Morgan fingerprint density at radius 3 is 2.81 bits per heavy atom. The van der Waals surface area contributed by atoms with Crippen molar-refractivity contribution in [3.05, 3.63) is 50.7 Å². The lowest BCUT2D eigenvalue weighted by atomic mass is 10.2. The van der Waals surface area contributed by atoms with Gasteiger partial charge in [-0.05, 0) is 18.6 Å². The van der Waals surface area contributed by atoms with Gasteiger partial charge in [0.25, 0.3) is 5.56 Å². The molecular formula is C16H20N6O4. The van der Waals surface area contributed by atoms with Crippen LogP contribution in [0, 0.1) is 6.92 Å². The molecule has 10 nitrogen and oxygen atoms in total. The molecule has 0 fully saturated rings. The molecule has 0 saturated carbocycles. The number of para-hydroxylation sites is 1. The van der Waals surface area contributed by atoms with Crippen LogP contribution in [0.25, 0.3) is 11.2 Å². The van der Waals surface area contributed by atoms with Gasteiger partial charge in [0.2, 0.25) is 5.95 Å². The van der Waals surface area contributed by atoms with Crippen molar-refractivity contribution >= 4 is 17.1 Å². The summed E-state index contributed by atoms with van der Waals surface area (Å²) in [6.07, 6.45) is -0.934. The predicted molar refractivity (Wildman–Crippen MR) is 96.1 cm³/mol. The Kier molecular flexibility index (Phi) is 4.78. The average Bonchev–Trinajstić information content (AvgIpc) is 2.98. The van der Waals surface area contributed by atoms with Gasteiger partial charge >= 0.3 is 5.69 Å². The second-order valence-corrected chi connectivity index (χ2v) is 5.91. The van der Waals surface area contributed by atoms with Crippen LogP contribution in [-0.2, 0) is 13.6 Å². The molecule has 0 aliphatic carbocycles. The predicted octanol–water partition coefficient (Wildman–Crippen LogP) is -0.543.